The lowest BCUT2D eigenvalue weighted by atomic mass is 9.86. The van der Waals surface area contributed by atoms with Crippen molar-refractivity contribution < 1.29 is 14.0 Å². The maximum atomic E-state index is 13.1. The van der Waals surface area contributed by atoms with Crippen LogP contribution in [-0.2, 0) is 9.59 Å². The molecule has 4 atom stereocenters. The number of amides is 2. The Bertz CT molecular complexity index is 722. The number of carbonyl (C=O) groups is 2. The highest BCUT2D eigenvalue weighted by Crippen LogP contribution is 2.41. The fourth-order valence-electron chi connectivity index (χ4n) is 3.14. The SMILES string of the molecule is CCC(CCC(C)[C@@]1(C)SC(=N[C@@H](C)c2ccc(F)cc2)NC1=O)C(N)=O. The van der Waals surface area contributed by atoms with Gasteiger partial charge in [-0.25, -0.2) is 4.39 Å². The normalized spacial score (nSPS) is 24.5. The molecule has 7 heteroatoms. The predicted octanol–water partition coefficient (Wildman–Crippen LogP) is 3.79. The Balaban J connectivity index is 2.05. The lowest BCUT2D eigenvalue weighted by Crippen LogP contribution is -2.39. The molecule has 148 valence electrons. The van der Waals surface area contributed by atoms with Crippen LogP contribution in [0.1, 0.15) is 58.6 Å². The van der Waals surface area contributed by atoms with E-state index in [1.54, 1.807) is 12.1 Å². The molecule has 0 bridgehead atoms. The summed E-state index contributed by atoms with van der Waals surface area (Å²) in [5.74, 6) is -0.738. The highest BCUT2D eigenvalue weighted by molar-refractivity contribution is 8.16. The molecule has 1 aromatic rings. The van der Waals surface area contributed by atoms with Crippen LogP contribution < -0.4 is 11.1 Å². The molecule has 0 saturated carbocycles. The van der Waals surface area contributed by atoms with Crippen LogP contribution in [0.15, 0.2) is 29.3 Å². The number of carbonyl (C=O) groups excluding carboxylic acids is 2. The third kappa shape index (κ3) is 5.09. The Morgan fingerprint density at radius 1 is 1.30 bits per heavy atom. The van der Waals surface area contributed by atoms with Gasteiger partial charge in [0.05, 0.1) is 6.04 Å². The second kappa shape index (κ2) is 8.87. The molecule has 1 aliphatic heterocycles. The van der Waals surface area contributed by atoms with Crippen molar-refractivity contribution in [3.8, 4) is 0 Å². The number of nitrogens with two attached hydrogens (primary N) is 1. The topological polar surface area (TPSA) is 84.6 Å². The maximum absolute atomic E-state index is 13.1. The first kappa shape index (κ1) is 21.4. The van der Waals surface area contributed by atoms with E-state index in [2.05, 4.69) is 10.3 Å². The van der Waals surface area contributed by atoms with E-state index in [0.29, 0.717) is 18.0 Å². The summed E-state index contributed by atoms with van der Waals surface area (Å²) in [7, 11) is 0. The van der Waals surface area contributed by atoms with Gasteiger partial charge in [0.2, 0.25) is 11.8 Å². The molecule has 3 N–H and O–H groups in total. The first-order valence-electron chi connectivity index (χ1n) is 9.30. The fourth-order valence-corrected chi connectivity index (χ4v) is 4.36. The number of nitrogens with one attached hydrogen (secondary N) is 1. The number of hydrogen-bond acceptors (Lipinski definition) is 4. The minimum atomic E-state index is -0.642. The number of rotatable bonds is 8. The number of amidine groups is 1. The summed E-state index contributed by atoms with van der Waals surface area (Å²) < 4.78 is 12.4. The Morgan fingerprint density at radius 2 is 1.93 bits per heavy atom. The monoisotopic (exact) mass is 393 g/mol. The van der Waals surface area contributed by atoms with E-state index < -0.39 is 4.75 Å². The molecule has 0 radical (unpaired) electrons. The molecular weight excluding hydrogens is 365 g/mol. The highest BCUT2D eigenvalue weighted by Gasteiger charge is 2.46. The minimum Gasteiger partial charge on any atom is -0.369 e. The summed E-state index contributed by atoms with van der Waals surface area (Å²) in [5.41, 5.74) is 6.30. The van der Waals surface area contributed by atoms with Crippen LogP contribution in [0.2, 0.25) is 0 Å². The quantitative estimate of drug-likeness (QED) is 0.705. The van der Waals surface area contributed by atoms with Gasteiger partial charge in [-0.05, 0) is 56.7 Å². The number of halogens is 1. The van der Waals surface area contributed by atoms with Crippen LogP contribution >= 0.6 is 11.8 Å². The molecule has 1 fully saturated rings. The molecule has 1 aliphatic rings. The third-order valence-corrected chi connectivity index (χ3v) is 6.84. The molecule has 2 unspecified atom stereocenters. The van der Waals surface area contributed by atoms with Gasteiger partial charge >= 0.3 is 0 Å². The van der Waals surface area contributed by atoms with Gasteiger partial charge in [-0.3, -0.25) is 14.6 Å². The molecule has 0 aliphatic carbocycles. The largest absolute Gasteiger partial charge is 0.369 e. The minimum absolute atomic E-state index is 0.0599. The number of nitrogens with zero attached hydrogens (tertiary/aromatic N) is 1. The van der Waals surface area contributed by atoms with Crippen molar-refractivity contribution in [2.45, 2.75) is 57.7 Å². The number of benzene rings is 1. The average molecular weight is 394 g/mol. The molecule has 1 saturated heterocycles. The van der Waals surface area contributed by atoms with Gasteiger partial charge < -0.3 is 11.1 Å². The summed E-state index contributed by atoms with van der Waals surface area (Å²) in [6, 6.07) is 6.01. The first-order chi connectivity index (χ1) is 12.7. The van der Waals surface area contributed by atoms with E-state index in [4.69, 9.17) is 5.73 Å². The molecule has 1 aromatic carbocycles. The molecule has 5 nitrogen and oxygen atoms in total. The van der Waals surface area contributed by atoms with Crippen LogP contribution in [0.4, 0.5) is 4.39 Å². The van der Waals surface area contributed by atoms with Gasteiger partial charge in [0.25, 0.3) is 0 Å². The van der Waals surface area contributed by atoms with Crippen LogP contribution in [0.25, 0.3) is 0 Å². The number of thioether (sulfide) groups is 1. The van der Waals surface area contributed by atoms with Crippen molar-refractivity contribution in [3.63, 3.8) is 0 Å². The Morgan fingerprint density at radius 3 is 2.48 bits per heavy atom. The fraction of sp³-hybridized carbons (Fsp3) is 0.550. The maximum Gasteiger partial charge on any atom is 0.242 e. The van der Waals surface area contributed by atoms with Crippen molar-refractivity contribution >= 4 is 28.7 Å². The van der Waals surface area contributed by atoms with Crippen LogP contribution in [0.3, 0.4) is 0 Å². The lowest BCUT2D eigenvalue weighted by Gasteiger charge is -2.27. The average Bonchev–Trinajstić information content (AvgIpc) is 2.90. The summed E-state index contributed by atoms with van der Waals surface area (Å²) in [5, 5.41) is 3.45. The predicted molar refractivity (Wildman–Crippen MR) is 108 cm³/mol. The van der Waals surface area contributed by atoms with Gasteiger partial charge in [-0.15, -0.1) is 0 Å². The summed E-state index contributed by atoms with van der Waals surface area (Å²) >= 11 is 1.42. The van der Waals surface area contributed by atoms with E-state index in [1.807, 2.05) is 27.7 Å². The molecular formula is C20H28FN3O2S. The second-order valence-corrected chi connectivity index (χ2v) is 8.75. The zero-order chi connectivity index (χ0) is 20.2. The second-order valence-electron chi connectivity index (χ2n) is 7.31. The van der Waals surface area contributed by atoms with Crippen LogP contribution in [-0.4, -0.2) is 21.7 Å². The third-order valence-electron chi connectivity index (χ3n) is 5.43. The zero-order valence-corrected chi connectivity index (χ0v) is 17.1. The van der Waals surface area contributed by atoms with Gasteiger partial charge in [-0.2, -0.15) is 0 Å². The molecule has 0 aromatic heterocycles. The van der Waals surface area contributed by atoms with Crippen molar-refractivity contribution in [2.24, 2.45) is 22.6 Å². The molecule has 2 rings (SSSR count). The number of hydrogen-bond donors (Lipinski definition) is 2. The standard InChI is InChI=1S/C20H28FN3O2S/c1-5-14(17(22)25)7-6-12(2)20(4)18(26)24-19(27-20)23-13(3)15-8-10-16(21)11-9-15/h8-14H,5-7H2,1-4H3,(H2,22,25)(H,23,24,26)/t12?,13-,14?,20+/m0/s1. The van der Waals surface area contributed by atoms with E-state index >= 15 is 0 Å². The molecule has 2 amide bonds. The van der Waals surface area contributed by atoms with Gasteiger partial charge in [0, 0.05) is 5.92 Å². The van der Waals surface area contributed by atoms with Crippen molar-refractivity contribution in [3.05, 3.63) is 35.6 Å². The van der Waals surface area contributed by atoms with Crippen molar-refractivity contribution in [1.29, 1.82) is 0 Å². The van der Waals surface area contributed by atoms with Gasteiger partial charge in [-0.1, -0.05) is 37.7 Å². The van der Waals surface area contributed by atoms with E-state index in [0.717, 1.165) is 12.0 Å². The van der Waals surface area contributed by atoms with E-state index in [-0.39, 0.29) is 35.5 Å². The van der Waals surface area contributed by atoms with Crippen LogP contribution in [0, 0.1) is 17.7 Å². The first-order valence-corrected chi connectivity index (χ1v) is 10.1. The smallest absolute Gasteiger partial charge is 0.242 e. The van der Waals surface area contributed by atoms with E-state index in [1.165, 1.54) is 23.9 Å². The van der Waals surface area contributed by atoms with Crippen LogP contribution in [0.5, 0.6) is 0 Å². The van der Waals surface area contributed by atoms with Crippen molar-refractivity contribution in [2.75, 3.05) is 0 Å². The van der Waals surface area contributed by atoms with E-state index in [9.17, 15) is 14.0 Å². The zero-order valence-electron chi connectivity index (χ0n) is 16.3. The highest BCUT2D eigenvalue weighted by atomic mass is 32.2. The molecule has 27 heavy (non-hydrogen) atoms. The Labute approximate surface area is 164 Å². The summed E-state index contributed by atoms with van der Waals surface area (Å²) in [6.07, 6.45) is 2.12. The summed E-state index contributed by atoms with van der Waals surface area (Å²) in [4.78, 5) is 28.6. The Hall–Kier alpha value is -1.89. The summed E-state index contributed by atoms with van der Waals surface area (Å²) in [6.45, 7) is 7.78. The number of primary amides is 1. The molecule has 1 heterocycles. The van der Waals surface area contributed by atoms with Gasteiger partial charge in [0.15, 0.2) is 5.17 Å². The lowest BCUT2D eigenvalue weighted by molar-refractivity contribution is -0.122. The number of aliphatic imine (C=N–C) groups is 1. The van der Waals surface area contributed by atoms with Gasteiger partial charge in [0.1, 0.15) is 10.6 Å². The van der Waals surface area contributed by atoms with Crippen molar-refractivity contribution in [1.82, 2.24) is 5.32 Å². The Kier molecular flexibility index (Phi) is 7.03. The molecule has 0 spiro atoms.